The summed E-state index contributed by atoms with van der Waals surface area (Å²) < 4.78 is 38.8. The van der Waals surface area contributed by atoms with Gasteiger partial charge in [0.1, 0.15) is 0 Å². The van der Waals surface area contributed by atoms with Crippen LogP contribution in [-0.2, 0) is 6.18 Å². The molecule has 0 fully saturated rings. The van der Waals surface area contributed by atoms with Crippen LogP contribution in [0.2, 0.25) is 0 Å². The third-order valence-electron chi connectivity index (χ3n) is 2.63. The molecule has 0 saturated carbocycles. The van der Waals surface area contributed by atoms with Gasteiger partial charge in [-0.15, -0.1) is 0 Å². The zero-order valence-electron chi connectivity index (χ0n) is 9.55. The summed E-state index contributed by atoms with van der Waals surface area (Å²) in [5.41, 5.74) is 0.258. The lowest BCUT2D eigenvalue weighted by Gasteiger charge is -2.13. The highest BCUT2D eigenvalue weighted by molar-refractivity contribution is 5.82. The second-order valence-electron chi connectivity index (χ2n) is 4.26. The Hall–Kier alpha value is -1.58. The lowest BCUT2D eigenvalue weighted by Crippen LogP contribution is -2.08. The first-order valence-electron chi connectivity index (χ1n) is 5.36. The van der Waals surface area contributed by atoms with E-state index in [2.05, 4.69) is 4.98 Å². The van der Waals surface area contributed by atoms with Gasteiger partial charge in [-0.25, -0.2) is 0 Å². The molecule has 0 aliphatic carbocycles. The number of para-hydroxylation sites is 1. The third kappa shape index (κ3) is 2.25. The molecule has 0 amide bonds. The van der Waals surface area contributed by atoms with E-state index in [0.717, 1.165) is 6.07 Å². The summed E-state index contributed by atoms with van der Waals surface area (Å²) in [7, 11) is 0. The van der Waals surface area contributed by atoms with Gasteiger partial charge in [0, 0.05) is 11.1 Å². The summed E-state index contributed by atoms with van der Waals surface area (Å²) in [6.07, 6.45) is -4.34. The van der Waals surface area contributed by atoms with Crippen LogP contribution in [0.25, 0.3) is 10.9 Å². The summed E-state index contributed by atoms with van der Waals surface area (Å²) in [6.45, 7) is 3.66. The fourth-order valence-corrected chi connectivity index (χ4v) is 1.73. The van der Waals surface area contributed by atoms with Crippen molar-refractivity contribution in [2.45, 2.75) is 25.9 Å². The number of hydrogen-bond donors (Lipinski definition) is 0. The van der Waals surface area contributed by atoms with Crippen molar-refractivity contribution in [1.29, 1.82) is 0 Å². The maximum atomic E-state index is 12.9. The predicted molar refractivity (Wildman–Crippen MR) is 60.8 cm³/mol. The number of halogens is 3. The van der Waals surface area contributed by atoms with Crippen LogP contribution in [0.1, 0.15) is 31.0 Å². The number of aromatic nitrogens is 1. The number of hydrogen-bond acceptors (Lipinski definition) is 1. The van der Waals surface area contributed by atoms with Crippen LogP contribution in [0.5, 0.6) is 0 Å². The van der Waals surface area contributed by atoms with E-state index in [0.29, 0.717) is 11.2 Å². The van der Waals surface area contributed by atoms with Crippen molar-refractivity contribution < 1.29 is 13.2 Å². The van der Waals surface area contributed by atoms with Crippen molar-refractivity contribution in [3.05, 3.63) is 41.6 Å². The molecule has 4 heteroatoms. The van der Waals surface area contributed by atoms with Gasteiger partial charge in [0.2, 0.25) is 0 Å². The molecule has 17 heavy (non-hydrogen) atoms. The van der Waals surface area contributed by atoms with E-state index >= 15 is 0 Å². The van der Waals surface area contributed by atoms with Crippen LogP contribution in [0.3, 0.4) is 0 Å². The maximum absolute atomic E-state index is 12.9. The molecular formula is C13H12F3N. The average Bonchev–Trinajstić information content (AvgIpc) is 2.26. The fraction of sp³-hybridized carbons (Fsp3) is 0.308. The summed E-state index contributed by atoms with van der Waals surface area (Å²) >= 11 is 0. The lowest BCUT2D eigenvalue weighted by atomic mass is 10.0. The maximum Gasteiger partial charge on any atom is 0.417 e. The molecule has 0 aliphatic rings. The molecule has 1 heterocycles. The van der Waals surface area contributed by atoms with E-state index < -0.39 is 11.7 Å². The minimum Gasteiger partial charge on any atom is -0.253 e. The smallest absolute Gasteiger partial charge is 0.253 e. The molecule has 0 unspecified atom stereocenters. The molecule has 0 radical (unpaired) electrons. The van der Waals surface area contributed by atoms with Crippen LogP contribution in [-0.4, -0.2) is 4.98 Å². The first-order chi connectivity index (χ1) is 7.89. The summed E-state index contributed by atoms with van der Waals surface area (Å²) in [5, 5.41) is 0.157. The lowest BCUT2D eigenvalue weighted by molar-refractivity contribution is -0.136. The van der Waals surface area contributed by atoms with Crippen LogP contribution in [0.4, 0.5) is 13.2 Å². The van der Waals surface area contributed by atoms with Gasteiger partial charge in [0.05, 0.1) is 11.1 Å². The number of fused-ring (bicyclic) bond motifs is 1. The average molecular weight is 239 g/mol. The minimum atomic E-state index is -4.34. The van der Waals surface area contributed by atoms with Gasteiger partial charge in [-0.2, -0.15) is 13.2 Å². The number of benzene rings is 1. The number of alkyl halides is 3. The first-order valence-corrected chi connectivity index (χ1v) is 5.36. The second kappa shape index (κ2) is 4.02. The molecule has 1 nitrogen and oxygen atoms in total. The Morgan fingerprint density at radius 2 is 1.76 bits per heavy atom. The summed E-state index contributed by atoms with van der Waals surface area (Å²) in [4.78, 5) is 4.25. The normalized spacial score (nSPS) is 12.4. The Morgan fingerprint density at radius 3 is 2.35 bits per heavy atom. The highest BCUT2D eigenvalue weighted by Crippen LogP contribution is 2.35. The standard InChI is InChI=1S/C13H12F3N/c1-8(2)12-7-10(13(14,15)16)9-5-3-4-6-11(9)17-12/h3-8H,1-2H3. The monoisotopic (exact) mass is 239 g/mol. The van der Waals surface area contributed by atoms with Crippen molar-refractivity contribution in [3.63, 3.8) is 0 Å². The molecular weight excluding hydrogens is 227 g/mol. The van der Waals surface area contributed by atoms with Crippen molar-refractivity contribution in [3.8, 4) is 0 Å². The summed E-state index contributed by atoms with van der Waals surface area (Å²) in [5.74, 6) is -0.0271. The van der Waals surface area contributed by atoms with Crippen LogP contribution >= 0.6 is 0 Å². The van der Waals surface area contributed by atoms with Crippen molar-refractivity contribution in [2.24, 2.45) is 0 Å². The quantitative estimate of drug-likeness (QED) is 0.719. The van der Waals surface area contributed by atoms with Crippen molar-refractivity contribution in [2.75, 3.05) is 0 Å². The van der Waals surface area contributed by atoms with Gasteiger partial charge in [0.15, 0.2) is 0 Å². The van der Waals surface area contributed by atoms with Gasteiger partial charge >= 0.3 is 6.18 Å². The fourth-order valence-electron chi connectivity index (χ4n) is 1.73. The molecule has 0 N–H and O–H groups in total. The molecule has 0 bridgehead atoms. The molecule has 0 saturated heterocycles. The molecule has 2 rings (SSSR count). The van der Waals surface area contributed by atoms with Crippen molar-refractivity contribution in [1.82, 2.24) is 4.98 Å². The zero-order chi connectivity index (χ0) is 12.6. The molecule has 0 aliphatic heterocycles. The van der Waals surface area contributed by atoms with E-state index in [1.807, 2.05) is 13.8 Å². The minimum absolute atomic E-state index is 0.0271. The Morgan fingerprint density at radius 1 is 1.12 bits per heavy atom. The van der Waals surface area contributed by atoms with Gasteiger partial charge < -0.3 is 0 Å². The van der Waals surface area contributed by atoms with Gasteiger partial charge in [-0.3, -0.25) is 4.98 Å². The van der Waals surface area contributed by atoms with Gasteiger partial charge in [-0.05, 0) is 18.1 Å². The van der Waals surface area contributed by atoms with E-state index in [4.69, 9.17) is 0 Å². The van der Waals surface area contributed by atoms with E-state index in [9.17, 15) is 13.2 Å². The van der Waals surface area contributed by atoms with E-state index in [1.54, 1.807) is 18.2 Å². The zero-order valence-corrected chi connectivity index (χ0v) is 9.55. The SMILES string of the molecule is CC(C)c1cc(C(F)(F)F)c2ccccc2n1. The summed E-state index contributed by atoms with van der Waals surface area (Å²) in [6, 6.07) is 7.49. The topological polar surface area (TPSA) is 12.9 Å². The van der Waals surface area contributed by atoms with E-state index in [-0.39, 0.29) is 11.3 Å². The van der Waals surface area contributed by atoms with E-state index in [1.165, 1.54) is 6.07 Å². The molecule has 90 valence electrons. The number of pyridine rings is 1. The third-order valence-corrected chi connectivity index (χ3v) is 2.63. The highest BCUT2D eigenvalue weighted by Gasteiger charge is 2.33. The molecule has 1 aromatic carbocycles. The molecule has 2 aromatic rings. The largest absolute Gasteiger partial charge is 0.417 e. The van der Waals surface area contributed by atoms with Gasteiger partial charge in [0.25, 0.3) is 0 Å². The Balaban J connectivity index is 2.79. The van der Waals surface area contributed by atoms with Crippen molar-refractivity contribution >= 4 is 10.9 Å². The number of nitrogens with zero attached hydrogens (tertiary/aromatic N) is 1. The highest BCUT2D eigenvalue weighted by atomic mass is 19.4. The van der Waals surface area contributed by atoms with Crippen LogP contribution in [0, 0.1) is 0 Å². The number of rotatable bonds is 1. The Bertz CT molecular complexity index is 544. The molecule has 0 atom stereocenters. The predicted octanol–water partition coefficient (Wildman–Crippen LogP) is 4.38. The molecule has 0 spiro atoms. The van der Waals surface area contributed by atoms with Crippen LogP contribution < -0.4 is 0 Å². The first kappa shape index (κ1) is 11.9. The Labute approximate surface area is 97.3 Å². The van der Waals surface area contributed by atoms with Crippen LogP contribution in [0.15, 0.2) is 30.3 Å². The second-order valence-corrected chi connectivity index (χ2v) is 4.26. The van der Waals surface area contributed by atoms with Gasteiger partial charge in [-0.1, -0.05) is 32.0 Å². The molecule has 1 aromatic heterocycles. The Kier molecular flexibility index (Phi) is 2.81.